The van der Waals surface area contributed by atoms with Crippen LogP contribution in [0.1, 0.15) is 20.3 Å². The summed E-state index contributed by atoms with van der Waals surface area (Å²) in [4.78, 5) is 11.3. The number of ether oxygens (including phenoxy) is 1. The van der Waals surface area contributed by atoms with Crippen molar-refractivity contribution in [1.29, 1.82) is 0 Å². The van der Waals surface area contributed by atoms with Crippen molar-refractivity contribution in [3.63, 3.8) is 0 Å². The summed E-state index contributed by atoms with van der Waals surface area (Å²) in [6.45, 7) is 3.30. The number of esters is 1. The smallest absolute Gasteiger partial charge is 0.315 e. The van der Waals surface area contributed by atoms with Crippen LogP contribution in [0.25, 0.3) is 0 Å². The normalized spacial score (nSPS) is 26.2. The van der Waals surface area contributed by atoms with Gasteiger partial charge in [-0.15, -0.1) is 0 Å². The van der Waals surface area contributed by atoms with Crippen LogP contribution in [0, 0.1) is 5.92 Å². The van der Waals surface area contributed by atoms with E-state index in [1.165, 1.54) is 0 Å². The highest BCUT2D eigenvalue weighted by molar-refractivity contribution is 5.74. The Labute approximate surface area is 81.8 Å². The van der Waals surface area contributed by atoms with Gasteiger partial charge in [0.2, 0.25) is 0 Å². The van der Waals surface area contributed by atoms with Gasteiger partial charge in [-0.2, -0.15) is 0 Å². The van der Waals surface area contributed by atoms with Gasteiger partial charge in [0.1, 0.15) is 5.92 Å². The molecule has 0 radical (unpaired) electrons. The molecular formula is C9H15F2NO2. The van der Waals surface area contributed by atoms with E-state index in [9.17, 15) is 13.6 Å². The Morgan fingerprint density at radius 3 is 2.71 bits per heavy atom. The number of halogens is 2. The van der Waals surface area contributed by atoms with Crippen molar-refractivity contribution in [2.75, 3.05) is 13.1 Å². The van der Waals surface area contributed by atoms with Gasteiger partial charge in [-0.25, -0.2) is 8.78 Å². The van der Waals surface area contributed by atoms with Crippen LogP contribution in [0.4, 0.5) is 8.78 Å². The fourth-order valence-corrected chi connectivity index (χ4v) is 1.44. The van der Waals surface area contributed by atoms with Gasteiger partial charge in [-0.05, 0) is 26.8 Å². The molecular weight excluding hydrogens is 192 g/mol. The summed E-state index contributed by atoms with van der Waals surface area (Å²) in [6, 6.07) is 0. The monoisotopic (exact) mass is 207 g/mol. The third-order valence-electron chi connectivity index (χ3n) is 2.12. The molecule has 1 aliphatic rings. The molecule has 1 atom stereocenters. The predicted molar refractivity (Wildman–Crippen MR) is 47.2 cm³/mol. The Bertz CT molecular complexity index is 219. The van der Waals surface area contributed by atoms with E-state index in [2.05, 4.69) is 5.32 Å². The first-order valence-electron chi connectivity index (χ1n) is 4.72. The van der Waals surface area contributed by atoms with Gasteiger partial charge in [-0.1, -0.05) is 0 Å². The SMILES string of the molecule is CC(C)OC(=O)C1CCNCC1(F)F. The zero-order chi connectivity index (χ0) is 10.8. The van der Waals surface area contributed by atoms with Crippen molar-refractivity contribution in [2.45, 2.75) is 32.3 Å². The van der Waals surface area contributed by atoms with E-state index < -0.39 is 24.4 Å². The summed E-state index contributed by atoms with van der Waals surface area (Å²) in [7, 11) is 0. The molecule has 1 fully saturated rings. The van der Waals surface area contributed by atoms with Crippen LogP contribution in [0.2, 0.25) is 0 Å². The van der Waals surface area contributed by atoms with Crippen molar-refractivity contribution in [1.82, 2.24) is 5.32 Å². The lowest BCUT2D eigenvalue weighted by atomic mass is 9.94. The number of rotatable bonds is 2. The molecule has 1 N–H and O–H groups in total. The van der Waals surface area contributed by atoms with Crippen molar-refractivity contribution in [3.8, 4) is 0 Å². The number of carbonyl (C=O) groups excluding carboxylic acids is 1. The maximum absolute atomic E-state index is 13.2. The van der Waals surface area contributed by atoms with Crippen molar-refractivity contribution < 1.29 is 18.3 Å². The van der Waals surface area contributed by atoms with Crippen LogP contribution in [-0.4, -0.2) is 31.1 Å². The topological polar surface area (TPSA) is 38.3 Å². The van der Waals surface area contributed by atoms with Crippen LogP contribution in [0.5, 0.6) is 0 Å². The van der Waals surface area contributed by atoms with Gasteiger partial charge >= 0.3 is 5.97 Å². The molecule has 0 amide bonds. The summed E-state index contributed by atoms with van der Waals surface area (Å²) in [5.41, 5.74) is 0. The van der Waals surface area contributed by atoms with Crippen LogP contribution in [-0.2, 0) is 9.53 Å². The largest absolute Gasteiger partial charge is 0.463 e. The first-order valence-corrected chi connectivity index (χ1v) is 4.72. The molecule has 0 saturated carbocycles. The van der Waals surface area contributed by atoms with E-state index in [4.69, 9.17) is 4.74 Å². The minimum Gasteiger partial charge on any atom is -0.463 e. The highest BCUT2D eigenvalue weighted by atomic mass is 19.3. The Morgan fingerprint density at radius 2 is 2.21 bits per heavy atom. The Balaban J connectivity index is 2.60. The molecule has 0 bridgehead atoms. The summed E-state index contributed by atoms with van der Waals surface area (Å²) < 4.78 is 31.2. The number of hydrogen-bond donors (Lipinski definition) is 1. The van der Waals surface area contributed by atoms with E-state index in [0.717, 1.165) is 0 Å². The first-order chi connectivity index (χ1) is 6.43. The van der Waals surface area contributed by atoms with Gasteiger partial charge in [-0.3, -0.25) is 4.79 Å². The Hall–Kier alpha value is -0.710. The van der Waals surface area contributed by atoms with Crippen molar-refractivity contribution in [2.24, 2.45) is 5.92 Å². The van der Waals surface area contributed by atoms with Crippen molar-refractivity contribution in [3.05, 3.63) is 0 Å². The number of carbonyl (C=O) groups is 1. The molecule has 14 heavy (non-hydrogen) atoms. The first kappa shape index (κ1) is 11.4. The van der Waals surface area contributed by atoms with Crippen LogP contribution >= 0.6 is 0 Å². The van der Waals surface area contributed by atoms with E-state index in [1.54, 1.807) is 13.8 Å². The van der Waals surface area contributed by atoms with Crippen LogP contribution in [0.15, 0.2) is 0 Å². The number of alkyl halides is 2. The zero-order valence-corrected chi connectivity index (χ0v) is 8.35. The average Bonchev–Trinajstić information content (AvgIpc) is 2.01. The van der Waals surface area contributed by atoms with E-state index in [1.807, 2.05) is 0 Å². The lowest BCUT2D eigenvalue weighted by Crippen LogP contribution is -2.49. The van der Waals surface area contributed by atoms with Gasteiger partial charge < -0.3 is 10.1 Å². The molecule has 1 heterocycles. The predicted octanol–water partition coefficient (Wildman–Crippen LogP) is 1.18. The maximum atomic E-state index is 13.2. The summed E-state index contributed by atoms with van der Waals surface area (Å²) >= 11 is 0. The third-order valence-corrected chi connectivity index (χ3v) is 2.12. The van der Waals surface area contributed by atoms with E-state index in [-0.39, 0.29) is 12.5 Å². The lowest BCUT2D eigenvalue weighted by molar-refractivity contribution is -0.170. The quantitative estimate of drug-likeness (QED) is 0.691. The second-order valence-corrected chi connectivity index (χ2v) is 3.76. The molecule has 1 unspecified atom stereocenters. The molecule has 1 saturated heterocycles. The molecule has 0 aromatic heterocycles. The molecule has 5 heteroatoms. The summed E-state index contributed by atoms with van der Waals surface area (Å²) in [5.74, 6) is -5.05. The number of hydrogen-bond acceptors (Lipinski definition) is 3. The summed E-state index contributed by atoms with van der Waals surface area (Å²) in [6.07, 6.45) is -0.202. The van der Waals surface area contributed by atoms with Gasteiger partial charge in [0.15, 0.2) is 0 Å². The Morgan fingerprint density at radius 1 is 1.57 bits per heavy atom. The Kier molecular flexibility index (Phi) is 3.42. The summed E-state index contributed by atoms with van der Waals surface area (Å²) in [5, 5.41) is 2.56. The van der Waals surface area contributed by atoms with E-state index >= 15 is 0 Å². The second-order valence-electron chi connectivity index (χ2n) is 3.76. The lowest BCUT2D eigenvalue weighted by Gasteiger charge is -2.30. The number of piperidine rings is 1. The van der Waals surface area contributed by atoms with Crippen LogP contribution < -0.4 is 5.32 Å². The highest BCUT2D eigenvalue weighted by Gasteiger charge is 2.47. The molecule has 0 spiro atoms. The van der Waals surface area contributed by atoms with Gasteiger partial charge in [0.25, 0.3) is 5.92 Å². The third kappa shape index (κ3) is 2.64. The van der Waals surface area contributed by atoms with Crippen LogP contribution in [0.3, 0.4) is 0 Å². The fourth-order valence-electron chi connectivity index (χ4n) is 1.44. The molecule has 3 nitrogen and oxygen atoms in total. The van der Waals surface area contributed by atoms with Crippen molar-refractivity contribution >= 4 is 5.97 Å². The molecule has 0 aromatic carbocycles. The van der Waals surface area contributed by atoms with Gasteiger partial charge in [0.05, 0.1) is 12.6 Å². The average molecular weight is 207 g/mol. The molecule has 1 rings (SSSR count). The van der Waals surface area contributed by atoms with E-state index in [0.29, 0.717) is 6.54 Å². The fraction of sp³-hybridized carbons (Fsp3) is 0.889. The maximum Gasteiger partial charge on any atom is 0.315 e. The van der Waals surface area contributed by atoms with Gasteiger partial charge in [0, 0.05) is 0 Å². The highest BCUT2D eigenvalue weighted by Crippen LogP contribution is 2.30. The second kappa shape index (κ2) is 4.21. The molecule has 82 valence electrons. The number of nitrogens with one attached hydrogen (secondary N) is 1. The molecule has 0 aliphatic carbocycles. The minimum absolute atomic E-state index is 0.137. The standard InChI is InChI=1S/C9H15F2NO2/c1-6(2)14-8(13)7-3-4-12-5-9(7,10)11/h6-7,12H,3-5H2,1-2H3. The molecule has 1 aliphatic heterocycles. The minimum atomic E-state index is -2.98. The zero-order valence-electron chi connectivity index (χ0n) is 8.35. The molecule has 0 aromatic rings.